The van der Waals surface area contributed by atoms with Crippen molar-refractivity contribution in [3.63, 3.8) is 0 Å². The molecule has 0 radical (unpaired) electrons. The molecular formula is C11H15N3O5. The number of anilines is 1. The van der Waals surface area contributed by atoms with Gasteiger partial charge in [0.2, 0.25) is 5.82 Å². The van der Waals surface area contributed by atoms with Crippen molar-refractivity contribution in [1.82, 2.24) is 4.98 Å². The molecule has 8 heteroatoms. The highest BCUT2D eigenvalue weighted by Gasteiger charge is 2.28. The molecule has 0 amide bonds. The van der Waals surface area contributed by atoms with Crippen molar-refractivity contribution in [2.75, 3.05) is 5.32 Å². The lowest BCUT2D eigenvalue weighted by Crippen LogP contribution is -2.42. The predicted molar refractivity (Wildman–Crippen MR) is 67.2 cm³/mol. The summed E-state index contributed by atoms with van der Waals surface area (Å²) in [5.41, 5.74) is -1.57. The van der Waals surface area contributed by atoms with Crippen molar-refractivity contribution in [3.05, 3.63) is 27.9 Å². The maximum absolute atomic E-state index is 10.9. The number of pyridine rings is 1. The van der Waals surface area contributed by atoms with E-state index in [1.165, 1.54) is 6.92 Å². The largest absolute Gasteiger partial charge is 0.478 e. The van der Waals surface area contributed by atoms with E-state index in [1.54, 1.807) is 13.8 Å². The number of hydrogen-bond acceptors (Lipinski definition) is 6. The summed E-state index contributed by atoms with van der Waals surface area (Å²) in [6.07, 6.45) is 0.239. The number of aromatic nitrogens is 1. The molecule has 0 spiro atoms. The SMILES string of the molecule is CC(O)C(C)(C)Nc1ncc(C(=O)O)cc1[N+](=O)[O-]. The lowest BCUT2D eigenvalue weighted by molar-refractivity contribution is -0.384. The molecule has 3 N–H and O–H groups in total. The molecule has 1 aromatic heterocycles. The standard InChI is InChI=1S/C11H15N3O5/c1-6(15)11(2,3)13-9-8(14(18)19)4-7(5-12-9)10(16)17/h4-6,15H,1-3H3,(H,12,13)(H,16,17). The van der Waals surface area contributed by atoms with Gasteiger partial charge in [-0.2, -0.15) is 0 Å². The zero-order valence-corrected chi connectivity index (χ0v) is 10.7. The van der Waals surface area contributed by atoms with Crippen LogP contribution in [-0.4, -0.2) is 37.7 Å². The van der Waals surface area contributed by atoms with Crippen molar-refractivity contribution in [1.29, 1.82) is 0 Å². The van der Waals surface area contributed by atoms with E-state index in [-0.39, 0.29) is 11.4 Å². The van der Waals surface area contributed by atoms with Gasteiger partial charge in [0, 0.05) is 12.3 Å². The number of carbonyl (C=O) groups is 1. The van der Waals surface area contributed by atoms with Gasteiger partial charge in [-0.3, -0.25) is 10.1 Å². The van der Waals surface area contributed by atoms with Gasteiger partial charge in [0.05, 0.1) is 22.1 Å². The number of aliphatic hydroxyl groups excluding tert-OH is 1. The highest BCUT2D eigenvalue weighted by Crippen LogP contribution is 2.26. The number of nitrogens with one attached hydrogen (secondary N) is 1. The molecule has 1 unspecified atom stereocenters. The number of nitrogens with zero attached hydrogens (tertiary/aromatic N) is 2. The summed E-state index contributed by atoms with van der Waals surface area (Å²) >= 11 is 0. The Hall–Kier alpha value is -2.22. The molecule has 1 atom stereocenters. The van der Waals surface area contributed by atoms with Crippen LogP contribution in [0.5, 0.6) is 0 Å². The van der Waals surface area contributed by atoms with Crippen LogP contribution in [0.3, 0.4) is 0 Å². The molecule has 0 aliphatic heterocycles. The number of carboxylic acids is 1. The average molecular weight is 269 g/mol. The van der Waals surface area contributed by atoms with E-state index in [0.717, 1.165) is 12.3 Å². The van der Waals surface area contributed by atoms with Crippen molar-refractivity contribution in [2.24, 2.45) is 0 Å². The molecule has 1 heterocycles. The van der Waals surface area contributed by atoms with Crippen LogP contribution in [0.4, 0.5) is 11.5 Å². The fourth-order valence-corrected chi connectivity index (χ4v) is 1.22. The highest BCUT2D eigenvalue weighted by molar-refractivity contribution is 5.88. The van der Waals surface area contributed by atoms with E-state index >= 15 is 0 Å². The normalized spacial score (nSPS) is 12.8. The maximum Gasteiger partial charge on any atom is 0.337 e. The second kappa shape index (κ2) is 5.19. The highest BCUT2D eigenvalue weighted by atomic mass is 16.6. The smallest absolute Gasteiger partial charge is 0.337 e. The lowest BCUT2D eigenvalue weighted by Gasteiger charge is -2.29. The Kier molecular flexibility index (Phi) is 4.05. The molecule has 0 bridgehead atoms. The van der Waals surface area contributed by atoms with Gasteiger partial charge in [-0.25, -0.2) is 9.78 Å². The van der Waals surface area contributed by atoms with E-state index < -0.39 is 28.2 Å². The third kappa shape index (κ3) is 3.38. The minimum absolute atomic E-state index is 0.0825. The summed E-state index contributed by atoms with van der Waals surface area (Å²) in [4.78, 5) is 24.7. The van der Waals surface area contributed by atoms with Crippen molar-refractivity contribution in [3.8, 4) is 0 Å². The minimum atomic E-state index is -1.29. The quantitative estimate of drug-likeness (QED) is 0.542. The van der Waals surface area contributed by atoms with Crippen LogP contribution in [0.2, 0.25) is 0 Å². The van der Waals surface area contributed by atoms with Gasteiger partial charge >= 0.3 is 11.7 Å². The van der Waals surface area contributed by atoms with E-state index in [2.05, 4.69) is 10.3 Å². The fourth-order valence-electron chi connectivity index (χ4n) is 1.22. The second-order valence-electron chi connectivity index (χ2n) is 4.68. The molecule has 8 nitrogen and oxygen atoms in total. The summed E-state index contributed by atoms with van der Waals surface area (Å²) in [7, 11) is 0. The molecule has 0 aliphatic carbocycles. The molecule has 104 valence electrons. The van der Waals surface area contributed by atoms with Gasteiger partial charge in [0.1, 0.15) is 0 Å². The number of hydrogen-bond donors (Lipinski definition) is 3. The van der Waals surface area contributed by atoms with E-state index in [4.69, 9.17) is 5.11 Å². The topological polar surface area (TPSA) is 126 Å². The monoisotopic (exact) mass is 269 g/mol. The number of aromatic carboxylic acids is 1. The van der Waals surface area contributed by atoms with Crippen LogP contribution in [0.15, 0.2) is 12.3 Å². The Morgan fingerprint density at radius 2 is 2.16 bits per heavy atom. The van der Waals surface area contributed by atoms with Gasteiger partial charge in [0.25, 0.3) is 0 Å². The van der Waals surface area contributed by atoms with Crippen LogP contribution in [0, 0.1) is 10.1 Å². The van der Waals surface area contributed by atoms with Gasteiger partial charge in [-0.05, 0) is 20.8 Å². The third-order valence-electron chi connectivity index (χ3n) is 2.80. The zero-order chi connectivity index (χ0) is 14.8. The number of aliphatic hydroxyl groups is 1. The van der Waals surface area contributed by atoms with Crippen molar-refractivity contribution >= 4 is 17.5 Å². The van der Waals surface area contributed by atoms with Gasteiger partial charge < -0.3 is 15.5 Å². The van der Waals surface area contributed by atoms with Crippen LogP contribution < -0.4 is 5.32 Å². The molecule has 0 aromatic carbocycles. The second-order valence-corrected chi connectivity index (χ2v) is 4.68. The van der Waals surface area contributed by atoms with Crippen LogP contribution >= 0.6 is 0 Å². The molecule has 0 aliphatic rings. The number of nitro groups is 1. The Morgan fingerprint density at radius 1 is 1.58 bits per heavy atom. The first-order valence-electron chi connectivity index (χ1n) is 5.49. The van der Waals surface area contributed by atoms with Crippen molar-refractivity contribution in [2.45, 2.75) is 32.4 Å². The summed E-state index contributed by atoms with van der Waals surface area (Å²) in [6.45, 7) is 4.83. The average Bonchev–Trinajstić information content (AvgIpc) is 2.28. The summed E-state index contributed by atoms with van der Waals surface area (Å²) < 4.78 is 0. The van der Waals surface area contributed by atoms with Crippen LogP contribution in [0.1, 0.15) is 31.1 Å². The van der Waals surface area contributed by atoms with E-state index in [1.807, 2.05) is 0 Å². The molecule has 1 aromatic rings. The maximum atomic E-state index is 10.9. The number of carboxylic acid groups (broad SMARTS) is 1. The molecule has 0 saturated carbocycles. The van der Waals surface area contributed by atoms with E-state index in [9.17, 15) is 20.0 Å². The lowest BCUT2D eigenvalue weighted by atomic mass is 9.99. The zero-order valence-electron chi connectivity index (χ0n) is 10.7. The molecule has 0 fully saturated rings. The van der Waals surface area contributed by atoms with Crippen LogP contribution in [0.25, 0.3) is 0 Å². The summed E-state index contributed by atoms with van der Waals surface area (Å²) in [5, 5.41) is 32.0. The minimum Gasteiger partial charge on any atom is -0.478 e. The Morgan fingerprint density at radius 3 is 2.58 bits per heavy atom. The van der Waals surface area contributed by atoms with Gasteiger partial charge in [-0.15, -0.1) is 0 Å². The summed E-state index contributed by atoms with van der Waals surface area (Å²) in [5.74, 6) is -1.38. The fraction of sp³-hybridized carbons (Fsp3) is 0.455. The first-order valence-corrected chi connectivity index (χ1v) is 5.49. The predicted octanol–water partition coefficient (Wildman–Crippen LogP) is 1.26. The Labute approximate surface area is 109 Å². The van der Waals surface area contributed by atoms with Crippen molar-refractivity contribution < 1.29 is 19.9 Å². The van der Waals surface area contributed by atoms with Crippen LogP contribution in [-0.2, 0) is 0 Å². The molecule has 1 rings (SSSR count). The summed E-state index contributed by atoms with van der Waals surface area (Å²) in [6, 6.07) is 0.926. The first kappa shape index (κ1) is 14.8. The third-order valence-corrected chi connectivity index (χ3v) is 2.80. The van der Waals surface area contributed by atoms with Gasteiger partial charge in [0.15, 0.2) is 0 Å². The Bertz CT molecular complexity index is 513. The molecule has 0 saturated heterocycles. The first-order chi connectivity index (χ1) is 8.65. The number of rotatable bonds is 5. The Balaban J connectivity index is 3.21. The van der Waals surface area contributed by atoms with Gasteiger partial charge in [-0.1, -0.05) is 0 Å². The van der Waals surface area contributed by atoms with E-state index in [0.29, 0.717) is 0 Å². The molecule has 19 heavy (non-hydrogen) atoms. The molecular weight excluding hydrogens is 254 g/mol.